The minimum Gasteiger partial charge on any atom is -0.383 e. The lowest BCUT2D eigenvalue weighted by Crippen LogP contribution is -2.54. The lowest BCUT2D eigenvalue weighted by molar-refractivity contribution is 0.105. The first-order valence-electron chi connectivity index (χ1n) is 8.29. The molecule has 0 unspecified atom stereocenters. The summed E-state index contributed by atoms with van der Waals surface area (Å²) in [5.74, 6) is 0. The molecule has 1 heterocycles. The molecule has 1 aromatic carbocycles. The van der Waals surface area contributed by atoms with Crippen LogP contribution in [0.15, 0.2) is 24.3 Å². The van der Waals surface area contributed by atoms with Crippen LogP contribution in [0.4, 0.5) is 4.79 Å². The van der Waals surface area contributed by atoms with Crippen molar-refractivity contribution in [1.29, 1.82) is 0 Å². The molecule has 1 aliphatic carbocycles. The Morgan fingerprint density at radius 3 is 2.74 bits per heavy atom. The van der Waals surface area contributed by atoms with Crippen molar-refractivity contribution < 1.29 is 9.53 Å². The summed E-state index contributed by atoms with van der Waals surface area (Å²) in [5.41, 5.74) is 8.69. The Labute approximate surface area is 137 Å². The highest BCUT2D eigenvalue weighted by molar-refractivity contribution is 5.75. The predicted octanol–water partition coefficient (Wildman–Crippen LogP) is 0.585. The van der Waals surface area contributed by atoms with Crippen LogP contribution in [0.5, 0.6) is 0 Å². The van der Waals surface area contributed by atoms with Crippen molar-refractivity contribution in [2.45, 2.75) is 18.5 Å². The number of fused-ring (bicyclic) bond motifs is 1. The summed E-state index contributed by atoms with van der Waals surface area (Å²) in [6, 6.07) is 8.06. The SMILES string of the molecule is COCCN1CCN(C(=O)N[C@@H]2Cc3ccccc3[C@H]2N)CC1. The van der Waals surface area contributed by atoms with Gasteiger partial charge in [0, 0.05) is 39.8 Å². The highest BCUT2D eigenvalue weighted by Crippen LogP contribution is 2.29. The number of methoxy groups -OCH3 is 1. The minimum absolute atomic E-state index is 0.00430. The van der Waals surface area contributed by atoms with Gasteiger partial charge in [0.2, 0.25) is 0 Å². The third-order valence-electron chi connectivity index (χ3n) is 4.87. The molecule has 2 aliphatic rings. The van der Waals surface area contributed by atoms with E-state index in [9.17, 15) is 4.79 Å². The van der Waals surface area contributed by atoms with E-state index in [-0.39, 0.29) is 18.1 Å². The third-order valence-corrected chi connectivity index (χ3v) is 4.87. The van der Waals surface area contributed by atoms with Crippen LogP contribution in [0.1, 0.15) is 17.2 Å². The van der Waals surface area contributed by atoms with E-state index >= 15 is 0 Å². The highest BCUT2D eigenvalue weighted by atomic mass is 16.5. The molecule has 0 bridgehead atoms. The number of carbonyl (C=O) groups is 1. The van der Waals surface area contributed by atoms with Gasteiger partial charge in [-0.1, -0.05) is 24.3 Å². The fourth-order valence-electron chi connectivity index (χ4n) is 3.41. The van der Waals surface area contributed by atoms with Crippen LogP contribution in [-0.4, -0.2) is 68.3 Å². The van der Waals surface area contributed by atoms with Crippen LogP contribution in [0.2, 0.25) is 0 Å². The van der Waals surface area contributed by atoms with E-state index in [1.165, 1.54) is 5.56 Å². The molecule has 2 atom stereocenters. The Kier molecular flexibility index (Phi) is 5.15. The van der Waals surface area contributed by atoms with Gasteiger partial charge in [-0.15, -0.1) is 0 Å². The molecule has 3 N–H and O–H groups in total. The van der Waals surface area contributed by atoms with Gasteiger partial charge in [0.25, 0.3) is 0 Å². The molecular formula is C17H26N4O2. The van der Waals surface area contributed by atoms with E-state index in [0.29, 0.717) is 0 Å². The number of nitrogens with zero attached hydrogens (tertiary/aromatic N) is 2. The summed E-state index contributed by atoms with van der Waals surface area (Å²) in [4.78, 5) is 16.7. The summed E-state index contributed by atoms with van der Waals surface area (Å²) in [5, 5.41) is 3.12. The Bertz CT molecular complexity index is 543. The second-order valence-corrected chi connectivity index (χ2v) is 6.31. The lowest BCUT2D eigenvalue weighted by Gasteiger charge is -2.35. The van der Waals surface area contributed by atoms with Crippen LogP contribution in [0, 0.1) is 0 Å². The molecule has 0 saturated carbocycles. The number of urea groups is 1. The van der Waals surface area contributed by atoms with E-state index in [1.807, 2.05) is 17.0 Å². The molecule has 0 radical (unpaired) electrons. The van der Waals surface area contributed by atoms with Crippen LogP contribution < -0.4 is 11.1 Å². The fourth-order valence-corrected chi connectivity index (χ4v) is 3.41. The Hall–Kier alpha value is -1.63. The third kappa shape index (κ3) is 3.65. The zero-order valence-corrected chi connectivity index (χ0v) is 13.7. The van der Waals surface area contributed by atoms with Crippen LogP contribution >= 0.6 is 0 Å². The maximum Gasteiger partial charge on any atom is 0.317 e. The Morgan fingerprint density at radius 2 is 2.04 bits per heavy atom. The maximum atomic E-state index is 12.5. The summed E-state index contributed by atoms with van der Waals surface area (Å²) in [6.45, 7) is 4.96. The Balaban J connectivity index is 1.49. The molecule has 6 heteroatoms. The van der Waals surface area contributed by atoms with Gasteiger partial charge in [0.15, 0.2) is 0 Å². The number of hydrogen-bond acceptors (Lipinski definition) is 4. The van der Waals surface area contributed by atoms with Crippen molar-refractivity contribution in [1.82, 2.24) is 15.1 Å². The largest absolute Gasteiger partial charge is 0.383 e. The van der Waals surface area contributed by atoms with Crippen molar-refractivity contribution in [3.8, 4) is 0 Å². The monoisotopic (exact) mass is 318 g/mol. The van der Waals surface area contributed by atoms with Gasteiger partial charge in [0.05, 0.1) is 18.7 Å². The number of ether oxygens (including phenoxy) is 1. The quantitative estimate of drug-likeness (QED) is 0.852. The van der Waals surface area contributed by atoms with E-state index in [4.69, 9.17) is 10.5 Å². The Morgan fingerprint density at radius 1 is 1.30 bits per heavy atom. The van der Waals surface area contributed by atoms with Gasteiger partial charge in [-0.05, 0) is 17.5 Å². The molecule has 0 aromatic heterocycles. The molecule has 1 aromatic rings. The molecule has 126 valence electrons. The molecule has 0 spiro atoms. The number of nitrogens with two attached hydrogens (primary N) is 1. The molecular weight excluding hydrogens is 292 g/mol. The van der Waals surface area contributed by atoms with Crippen LogP contribution in [-0.2, 0) is 11.2 Å². The summed E-state index contributed by atoms with van der Waals surface area (Å²) < 4.78 is 5.10. The second-order valence-electron chi connectivity index (χ2n) is 6.31. The first kappa shape index (κ1) is 16.2. The fraction of sp³-hybridized carbons (Fsp3) is 0.588. The lowest BCUT2D eigenvalue weighted by atomic mass is 10.1. The normalized spacial score (nSPS) is 24.5. The summed E-state index contributed by atoms with van der Waals surface area (Å²) >= 11 is 0. The van der Waals surface area contributed by atoms with Gasteiger partial charge in [-0.3, -0.25) is 4.90 Å². The number of amides is 2. The topological polar surface area (TPSA) is 70.8 Å². The summed E-state index contributed by atoms with van der Waals surface area (Å²) in [7, 11) is 1.71. The number of benzene rings is 1. The van der Waals surface area contributed by atoms with E-state index in [2.05, 4.69) is 22.3 Å². The number of nitrogens with one attached hydrogen (secondary N) is 1. The first-order valence-corrected chi connectivity index (χ1v) is 8.29. The molecule has 1 fully saturated rings. The van der Waals surface area contributed by atoms with Gasteiger partial charge in [0.1, 0.15) is 0 Å². The summed E-state index contributed by atoms with van der Waals surface area (Å²) in [6.07, 6.45) is 0.816. The maximum absolute atomic E-state index is 12.5. The van der Waals surface area contributed by atoms with Crippen molar-refractivity contribution in [2.75, 3.05) is 46.4 Å². The van der Waals surface area contributed by atoms with Gasteiger partial charge in [-0.25, -0.2) is 4.79 Å². The van der Waals surface area contributed by atoms with Crippen molar-refractivity contribution in [3.63, 3.8) is 0 Å². The molecule has 1 aliphatic heterocycles. The minimum atomic E-state index is -0.113. The second kappa shape index (κ2) is 7.29. The number of carbonyl (C=O) groups excluding carboxylic acids is 1. The first-order chi connectivity index (χ1) is 11.2. The standard InChI is InChI=1S/C17H26N4O2/c1-23-11-10-20-6-8-21(9-7-20)17(22)19-15-12-13-4-2-3-5-14(13)16(15)18/h2-5,15-16H,6-12,18H2,1H3,(H,19,22)/t15-,16-/m1/s1. The van der Waals surface area contributed by atoms with Crippen molar-refractivity contribution >= 4 is 6.03 Å². The zero-order chi connectivity index (χ0) is 16.2. The van der Waals surface area contributed by atoms with Crippen LogP contribution in [0.3, 0.4) is 0 Å². The highest BCUT2D eigenvalue weighted by Gasteiger charge is 2.32. The molecule has 23 heavy (non-hydrogen) atoms. The number of hydrogen-bond donors (Lipinski definition) is 2. The molecule has 6 nitrogen and oxygen atoms in total. The molecule has 1 saturated heterocycles. The molecule has 3 rings (SSSR count). The van der Waals surface area contributed by atoms with E-state index < -0.39 is 0 Å². The average Bonchev–Trinajstić information content (AvgIpc) is 2.90. The number of piperazine rings is 1. The van der Waals surface area contributed by atoms with Gasteiger partial charge < -0.3 is 20.7 Å². The van der Waals surface area contributed by atoms with Crippen molar-refractivity contribution in [2.24, 2.45) is 5.73 Å². The van der Waals surface area contributed by atoms with E-state index in [0.717, 1.165) is 51.3 Å². The van der Waals surface area contributed by atoms with Crippen molar-refractivity contribution in [3.05, 3.63) is 35.4 Å². The van der Waals surface area contributed by atoms with E-state index in [1.54, 1.807) is 7.11 Å². The average molecular weight is 318 g/mol. The zero-order valence-electron chi connectivity index (χ0n) is 13.7. The van der Waals surface area contributed by atoms with Gasteiger partial charge >= 0.3 is 6.03 Å². The van der Waals surface area contributed by atoms with Gasteiger partial charge in [-0.2, -0.15) is 0 Å². The van der Waals surface area contributed by atoms with Crippen LogP contribution in [0.25, 0.3) is 0 Å². The number of rotatable bonds is 4. The smallest absolute Gasteiger partial charge is 0.317 e. The predicted molar refractivity (Wildman–Crippen MR) is 89.3 cm³/mol. The molecule has 2 amide bonds.